The van der Waals surface area contributed by atoms with Gasteiger partial charge in [0.15, 0.2) is 5.16 Å². The summed E-state index contributed by atoms with van der Waals surface area (Å²) in [6.45, 7) is 9.12. The van der Waals surface area contributed by atoms with Crippen LogP contribution in [-0.4, -0.2) is 32.6 Å². The smallest absolute Gasteiger partial charge is 0.343 e. The molecule has 0 fully saturated rings. The van der Waals surface area contributed by atoms with E-state index in [-0.39, 0.29) is 18.8 Å². The maximum absolute atomic E-state index is 12.8. The molecule has 0 aromatic heterocycles. The van der Waals surface area contributed by atoms with Crippen LogP contribution in [0.15, 0.2) is 24.3 Å². The molecule has 0 heterocycles. The molecule has 27 heavy (non-hydrogen) atoms. The minimum absolute atomic E-state index is 0.0240. The van der Waals surface area contributed by atoms with Gasteiger partial charge in [0.1, 0.15) is 5.75 Å². The Labute approximate surface area is 162 Å². The monoisotopic (exact) mass is 400 g/mol. The molecule has 3 N–H and O–H groups in total. The van der Waals surface area contributed by atoms with E-state index in [1.54, 1.807) is 31.2 Å². The lowest BCUT2D eigenvalue weighted by Gasteiger charge is -2.40. The summed E-state index contributed by atoms with van der Waals surface area (Å²) >= 11 is 0. The second-order valence-corrected chi connectivity index (χ2v) is 9.49. The largest absolute Gasteiger partial charge is 0.508 e. The summed E-state index contributed by atoms with van der Waals surface area (Å²) in [6.07, 6.45) is 1.20. The van der Waals surface area contributed by atoms with Crippen LogP contribution in [0.2, 0.25) is 0 Å². The minimum atomic E-state index is -4.81. The molecule has 7 heteroatoms. The molecular formula is C20H33O6P. The molecule has 1 atom stereocenters. The highest BCUT2D eigenvalue weighted by Crippen LogP contribution is 2.60. The molecule has 0 radical (unpaired) electrons. The Morgan fingerprint density at radius 3 is 2.11 bits per heavy atom. The van der Waals surface area contributed by atoms with Crippen molar-refractivity contribution < 1.29 is 29.0 Å². The average molecular weight is 400 g/mol. The van der Waals surface area contributed by atoms with E-state index in [0.29, 0.717) is 24.8 Å². The Hall–Kier alpha value is -1.36. The van der Waals surface area contributed by atoms with Crippen molar-refractivity contribution in [3.05, 3.63) is 29.8 Å². The number of rotatable bonds is 10. The third-order valence-corrected chi connectivity index (χ3v) is 7.38. The van der Waals surface area contributed by atoms with Crippen molar-refractivity contribution in [3.8, 4) is 5.75 Å². The van der Waals surface area contributed by atoms with Crippen LogP contribution in [0.1, 0.15) is 65.9 Å². The third kappa shape index (κ3) is 4.92. The van der Waals surface area contributed by atoms with Gasteiger partial charge in [-0.2, -0.15) is 0 Å². The number of hydrogen-bond donors (Lipinski definition) is 3. The number of para-hydroxylation sites is 1. The highest BCUT2D eigenvalue weighted by molar-refractivity contribution is 7.54. The van der Waals surface area contributed by atoms with Crippen molar-refractivity contribution in [1.82, 2.24) is 0 Å². The summed E-state index contributed by atoms with van der Waals surface area (Å²) in [6, 6.07) is 6.90. The molecule has 1 aromatic rings. The Balaban J connectivity index is 3.37. The van der Waals surface area contributed by atoms with Gasteiger partial charge in [0.05, 0.1) is 6.61 Å². The number of carbonyl (C=O) groups excluding carboxylic acids is 1. The van der Waals surface area contributed by atoms with Gasteiger partial charge in [-0.25, -0.2) is 0 Å². The zero-order valence-corrected chi connectivity index (χ0v) is 17.8. The quantitative estimate of drug-likeness (QED) is 0.398. The lowest BCUT2D eigenvalue weighted by Crippen LogP contribution is -2.47. The Morgan fingerprint density at radius 2 is 1.67 bits per heavy atom. The number of hydrogen-bond acceptors (Lipinski definition) is 4. The predicted octanol–water partition coefficient (Wildman–Crippen LogP) is 4.37. The maximum atomic E-state index is 12.8. The molecule has 0 saturated carbocycles. The van der Waals surface area contributed by atoms with Crippen LogP contribution in [0.5, 0.6) is 5.75 Å². The lowest BCUT2D eigenvalue weighted by atomic mass is 9.74. The molecule has 6 nitrogen and oxygen atoms in total. The van der Waals surface area contributed by atoms with Crippen molar-refractivity contribution >= 4 is 13.6 Å². The van der Waals surface area contributed by atoms with Gasteiger partial charge in [-0.15, -0.1) is 0 Å². The molecule has 0 aliphatic carbocycles. The predicted molar refractivity (Wildman–Crippen MR) is 106 cm³/mol. The second-order valence-electron chi connectivity index (χ2n) is 7.60. The van der Waals surface area contributed by atoms with Crippen molar-refractivity contribution in [2.75, 3.05) is 6.61 Å². The van der Waals surface area contributed by atoms with Gasteiger partial charge < -0.3 is 19.6 Å². The molecule has 0 amide bonds. The zero-order chi connectivity index (χ0) is 20.9. The molecule has 1 rings (SSSR count). The molecular weight excluding hydrogens is 367 g/mol. The molecule has 0 spiro atoms. The second kappa shape index (κ2) is 9.22. The number of ether oxygens (including phenoxy) is 1. The fraction of sp³-hybridized carbons (Fsp3) is 0.650. The first-order valence-corrected chi connectivity index (χ1v) is 11.1. The van der Waals surface area contributed by atoms with Gasteiger partial charge in [0, 0.05) is 0 Å². The molecule has 1 unspecified atom stereocenters. The van der Waals surface area contributed by atoms with Crippen LogP contribution < -0.4 is 0 Å². The van der Waals surface area contributed by atoms with Crippen LogP contribution in [0, 0.1) is 5.92 Å². The van der Waals surface area contributed by atoms with Crippen molar-refractivity contribution in [3.63, 3.8) is 0 Å². The summed E-state index contributed by atoms with van der Waals surface area (Å²) < 4.78 is 17.7. The van der Waals surface area contributed by atoms with E-state index in [9.17, 15) is 24.3 Å². The van der Waals surface area contributed by atoms with Crippen LogP contribution in [0.4, 0.5) is 0 Å². The summed E-state index contributed by atoms with van der Waals surface area (Å²) in [4.78, 5) is 33.3. The Bertz CT molecular complexity index is 677. The van der Waals surface area contributed by atoms with E-state index in [1.807, 2.05) is 27.7 Å². The highest BCUT2D eigenvalue weighted by Gasteiger charge is 2.58. The number of phenolic OH excluding ortho intramolecular Hbond substituents is 1. The molecule has 1 aromatic carbocycles. The van der Waals surface area contributed by atoms with E-state index >= 15 is 0 Å². The molecule has 0 aliphatic heterocycles. The summed E-state index contributed by atoms with van der Waals surface area (Å²) in [5.41, 5.74) is 0.0996. The van der Waals surface area contributed by atoms with Crippen LogP contribution in [0.3, 0.4) is 0 Å². The van der Waals surface area contributed by atoms with Gasteiger partial charge in [-0.3, -0.25) is 9.36 Å². The first-order valence-electron chi connectivity index (χ1n) is 9.49. The Morgan fingerprint density at radius 1 is 1.11 bits per heavy atom. The minimum Gasteiger partial charge on any atom is -0.508 e. The van der Waals surface area contributed by atoms with Crippen LogP contribution in [0.25, 0.3) is 0 Å². The maximum Gasteiger partial charge on any atom is 0.343 e. The van der Waals surface area contributed by atoms with Gasteiger partial charge in [-0.05, 0) is 42.7 Å². The highest BCUT2D eigenvalue weighted by atomic mass is 31.2. The average Bonchev–Trinajstić information content (AvgIpc) is 2.57. The van der Waals surface area contributed by atoms with Gasteiger partial charge in [0.25, 0.3) is 0 Å². The number of phenols is 1. The van der Waals surface area contributed by atoms with E-state index in [4.69, 9.17) is 4.74 Å². The number of carbonyl (C=O) groups is 1. The van der Waals surface area contributed by atoms with Crippen molar-refractivity contribution in [2.24, 2.45) is 5.92 Å². The van der Waals surface area contributed by atoms with Crippen LogP contribution in [-0.2, 0) is 19.5 Å². The van der Waals surface area contributed by atoms with Gasteiger partial charge in [-0.1, -0.05) is 58.7 Å². The topological polar surface area (TPSA) is 104 Å². The fourth-order valence-corrected chi connectivity index (χ4v) is 5.43. The third-order valence-electron chi connectivity index (χ3n) is 5.57. The lowest BCUT2D eigenvalue weighted by molar-refractivity contribution is -0.149. The number of aromatic hydroxyl groups is 1. The molecule has 0 saturated heterocycles. The van der Waals surface area contributed by atoms with E-state index in [0.717, 1.165) is 0 Å². The molecule has 154 valence electrons. The van der Waals surface area contributed by atoms with Crippen molar-refractivity contribution in [2.45, 2.75) is 70.9 Å². The normalized spacial score (nSPS) is 14.8. The fourth-order valence-electron chi connectivity index (χ4n) is 3.88. The van der Waals surface area contributed by atoms with E-state index in [1.165, 1.54) is 0 Å². The molecule has 0 aliphatic rings. The van der Waals surface area contributed by atoms with Crippen LogP contribution >= 0.6 is 7.60 Å². The van der Waals surface area contributed by atoms with E-state index in [2.05, 4.69) is 0 Å². The molecule has 0 bridgehead atoms. The van der Waals surface area contributed by atoms with Gasteiger partial charge >= 0.3 is 13.6 Å². The standard InChI is InChI=1S/C20H33O6P/c1-6-15(7-2)20(27(23,24)25,18(22)26-8-3)14-13-19(4,5)16-11-9-10-12-17(16)21/h9-12,15,21H,6-8,13-14H2,1-5H3,(H2,23,24,25). The van der Waals surface area contributed by atoms with Gasteiger partial charge in [0.2, 0.25) is 0 Å². The summed E-state index contributed by atoms with van der Waals surface area (Å²) in [5.74, 6) is -1.21. The summed E-state index contributed by atoms with van der Waals surface area (Å²) in [7, 11) is -4.81. The SMILES string of the molecule is CCOC(=O)C(CCC(C)(C)c1ccccc1O)(C(CC)CC)P(=O)(O)O. The first kappa shape index (κ1) is 23.7. The number of esters is 1. The van der Waals surface area contributed by atoms with Crippen molar-refractivity contribution in [1.29, 1.82) is 0 Å². The zero-order valence-electron chi connectivity index (χ0n) is 16.9. The number of benzene rings is 1. The first-order chi connectivity index (χ1) is 12.5. The van der Waals surface area contributed by atoms with E-state index < -0.39 is 30.1 Å². The Kier molecular flexibility index (Phi) is 8.09. The summed E-state index contributed by atoms with van der Waals surface area (Å²) in [5, 5.41) is 8.30.